The molecule has 0 amide bonds. The topological polar surface area (TPSA) is 0 Å². The summed E-state index contributed by atoms with van der Waals surface area (Å²) in [6.45, 7) is 4.52. The molecule has 109 valence electrons. The number of rotatable bonds is 4. The zero-order valence-corrected chi connectivity index (χ0v) is 16.1. The number of aryl methyl sites for hydroxylation is 2. The van der Waals surface area contributed by atoms with Crippen LogP contribution in [-0.2, 0) is 6.42 Å². The Morgan fingerprint density at radius 2 is 1.27 bits per heavy atom. The summed E-state index contributed by atoms with van der Waals surface area (Å²) in [4.78, 5) is 0. The molecule has 3 aromatic rings. The average molecular weight is 392 g/mol. The fourth-order valence-corrected chi connectivity index (χ4v) is 11.6. The number of benzene rings is 3. The van der Waals surface area contributed by atoms with Gasteiger partial charge in [-0.1, -0.05) is 0 Å². The van der Waals surface area contributed by atoms with Crippen LogP contribution in [0.5, 0.6) is 0 Å². The van der Waals surface area contributed by atoms with Gasteiger partial charge in [-0.2, -0.15) is 0 Å². The van der Waals surface area contributed by atoms with Gasteiger partial charge in [-0.15, -0.1) is 0 Å². The van der Waals surface area contributed by atoms with Gasteiger partial charge in [0.25, 0.3) is 0 Å². The molecule has 3 rings (SSSR count). The van der Waals surface area contributed by atoms with Crippen LogP contribution in [0.15, 0.2) is 78.9 Å². The molecular weight excluding hydrogens is 371 g/mol. The first-order valence-electron chi connectivity index (χ1n) is 7.88. The minimum atomic E-state index is -2.12. The third-order valence-corrected chi connectivity index (χ3v) is 12.8. The summed E-state index contributed by atoms with van der Waals surface area (Å²) in [5.41, 5.74) is 2.95. The van der Waals surface area contributed by atoms with E-state index in [1.54, 1.807) is 10.7 Å². The number of hydrogen-bond acceptors (Lipinski definition) is 0. The van der Waals surface area contributed by atoms with Gasteiger partial charge in [0.2, 0.25) is 0 Å². The van der Waals surface area contributed by atoms with Crippen molar-refractivity contribution in [3.8, 4) is 0 Å². The van der Waals surface area contributed by atoms with E-state index in [0.717, 1.165) is 6.42 Å². The fraction of sp³-hybridized carbons (Fsp3) is 0.143. The van der Waals surface area contributed by atoms with E-state index in [4.69, 9.17) is 0 Å². The molecule has 1 radical (unpaired) electrons. The minimum absolute atomic E-state index is 1.11. The van der Waals surface area contributed by atoms with Crippen LogP contribution < -0.4 is 10.7 Å². The van der Waals surface area contributed by atoms with Crippen LogP contribution >= 0.6 is 0 Å². The van der Waals surface area contributed by atoms with Crippen molar-refractivity contribution in [2.75, 3.05) is 0 Å². The molecule has 22 heavy (non-hydrogen) atoms. The van der Waals surface area contributed by atoms with Crippen LogP contribution in [0.25, 0.3) is 0 Å². The molecule has 1 heteroatoms. The SMILES string of the molecule is CCc1cccc[c]1[Sn]([c]1ccccc1)[c]1ccccc1C. The van der Waals surface area contributed by atoms with Gasteiger partial charge in [0, 0.05) is 0 Å². The Kier molecular flexibility index (Phi) is 4.99. The second-order valence-corrected chi connectivity index (χ2v) is 12.4. The van der Waals surface area contributed by atoms with Gasteiger partial charge in [-0.3, -0.25) is 0 Å². The molecule has 0 fully saturated rings. The average Bonchev–Trinajstić information content (AvgIpc) is 2.58. The van der Waals surface area contributed by atoms with E-state index >= 15 is 0 Å². The third kappa shape index (κ3) is 3.12. The van der Waals surface area contributed by atoms with E-state index in [-0.39, 0.29) is 0 Å². The van der Waals surface area contributed by atoms with Crippen LogP contribution in [0.1, 0.15) is 18.1 Å². The van der Waals surface area contributed by atoms with Crippen LogP contribution in [0, 0.1) is 6.92 Å². The Bertz CT molecular complexity index is 747. The molecule has 0 saturated carbocycles. The van der Waals surface area contributed by atoms with E-state index in [0.29, 0.717) is 0 Å². The van der Waals surface area contributed by atoms with Crippen molar-refractivity contribution in [3.63, 3.8) is 0 Å². The summed E-state index contributed by atoms with van der Waals surface area (Å²) in [5, 5.41) is 0. The Morgan fingerprint density at radius 3 is 1.95 bits per heavy atom. The van der Waals surface area contributed by atoms with Crippen molar-refractivity contribution in [2.45, 2.75) is 20.3 Å². The van der Waals surface area contributed by atoms with Crippen molar-refractivity contribution in [2.24, 2.45) is 0 Å². The van der Waals surface area contributed by atoms with Crippen LogP contribution in [0.3, 0.4) is 0 Å². The van der Waals surface area contributed by atoms with Gasteiger partial charge >= 0.3 is 141 Å². The third-order valence-electron chi connectivity index (χ3n) is 4.14. The Hall–Kier alpha value is -1.54. The number of hydrogen-bond donors (Lipinski definition) is 0. The van der Waals surface area contributed by atoms with Gasteiger partial charge in [0.15, 0.2) is 0 Å². The first-order valence-corrected chi connectivity index (χ1v) is 12.2. The summed E-state index contributed by atoms with van der Waals surface area (Å²) in [7, 11) is 0. The van der Waals surface area contributed by atoms with E-state index in [1.807, 2.05) is 0 Å². The molecule has 0 aromatic heterocycles. The fourth-order valence-electron chi connectivity index (χ4n) is 2.99. The Labute approximate surface area is 140 Å². The molecule has 0 N–H and O–H groups in total. The molecule has 0 saturated heterocycles. The van der Waals surface area contributed by atoms with Gasteiger partial charge in [-0.05, 0) is 0 Å². The molecule has 0 spiro atoms. The first-order chi connectivity index (χ1) is 10.8. The van der Waals surface area contributed by atoms with Crippen molar-refractivity contribution in [1.82, 2.24) is 0 Å². The molecule has 0 unspecified atom stereocenters. The second-order valence-electron chi connectivity index (χ2n) is 5.57. The van der Waals surface area contributed by atoms with Crippen LogP contribution in [0.2, 0.25) is 0 Å². The molecule has 0 aliphatic heterocycles. The van der Waals surface area contributed by atoms with E-state index < -0.39 is 19.8 Å². The van der Waals surface area contributed by atoms with Gasteiger partial charge < -0.3 is 0 Å². The monoisotopic (exact) mass is 393 g/mol. The Morgan fingerprint density at radius 1 is 0.682 bits per heavy atom. The molecular formula is C21H21Sn. The summed E-state index contributed by atoms with van der Waals surface area (Å²) in [6.07, 6.45) is 1.11. The molecule has 0 aliphatic carbocycles. The zero-order chi connectivity index (χ0) is 15.4. The van der Waals surface area contributed by atoms with E-state index in [9.17, 15) is 0 Å². The summed E-state index contributed by atoms with van der Waals surface area (Å²) in [5.74, 6) is 0. The van der Waals surface area contributed by atoms with Gasteiger partial charge in [-0.25, -0.2) is 0 Å². The first kappa shape index (κ1) is 15.4. The van der Waals surface area contributed by atoms with Crippen molar-refractivity contribution in [1.29, 1.82) is 0 Å². The zero-order valence-electron chi connectivity index (χ0n) is 13.2. The van der Waals surface area contributed by atoms with Gasteiger partial charge in [0.05, 0.1) is 0 Å². The molecule has 0 aliphatic rings. The van der Waals surface area contributed by atoms with Crippen LogP contribution in [-0.4, -0.2) is 19.8 Å². The summed E-state index contributed by atoms with van der Waals surface area (Å²) >= 11 is -2.12. The normalized spacial score (nSPS) is 10.9. The summed E-state index contributed by atoms with van der Waals surface area (Å²) in [6, 6.07) is 29.1. The van der Waals surface area contributed by atoms with Crippen LogP contribution in [0.4, 0.5) is 0 Å². The molecule has 0 heterocycles. The molecule has 3 aromatic carbocycles. The van der Waals surface area contributed by atoms with E-state index in [1.165, 1.54) is 11.1 Å². The maximum absolute atomic E-state index is 2.37. The standard InChI is InChI=1S/C8H9.C7H7.C6H5.Sn/c1-2-8-6-4-3-5-7-8;1-7-5-3-2-4-6-7;1-2-4-6-5-3-1;/h3-6H,2H2,1H3;2-5H,1H3;1-5H;. The predicted molar refractivity (Wildman–Crippen MR) is 98.1 cm³/mol. The van der Waals surface area contributed by atoms with Crippen molar-refractivity contribution < 1.29 is 0 Å². The quantitative estimate of drug-likeness (QED) is 0.599. The molecule has 0 nitrogen and oxygen atoms in total. The molecule has 0 bridgehead atoms. The second kappa shape index (κ2) is 7.15. The maximum atomic E-state index is 2.37. The molecule has 0 atom stereocenters. The summed E-state index contributed by atoms with van der Waals surface area (Å²) < 4.78 is 4.77. The van der Waals surface area contributed by atoms with E-state index in [2.05, 4.69) is 92.7 Å². The van der Waals surface area contributed by atoms with Crippen molar-refractivity contribution in [3.05, 3.63) is 90.0 Å². The Balaban J connectivity index is 2.22. The predicted octanol–water partition coefficient (Wildman–Crippen LogP) is 3.07. The van der Waals surface area contributed by atoms with Gasteiger partial charge in [0.1, 0.15) is 0 Å². The van der Waals surface area contributed by atoms with Crippen molar-refractivity contribution >= 4 is 30.5 Å².